The Kier molecular flexibility index (Phi) is 4.70. The van der Waals surface area contributed by atoms with Crippen LogP contribution in [0.5, 0.6) is 5.75 Å². The summed E-state index contributed by atoms with van der Waals surface area (Å²) >= 11 is 6.10. The number of benzene rings is 1. The van der Waals surface area contributed by atoms with Crippen LogP contribution >= 0.6 is 11.6 Å². The number of carbonyl (C=O) groups is 1. The second-order valence-electron chi connectivity index (χ2n) is 5.24. The van der Waals surface area contributed by atoms with Crippen LogP contribution in [0.25, 0.3) is 0 Å². The fraction of sp³-hybridized carbons (Fsp3) is 0.533. The first kappa shape index (κ1) is 14.2. The van der Waals surface area contributed by atoms with Gasteiger partial charge in [0.2, 0.25) is 5.91 Å². The summed E-state index contributed by atoms with van der Waals surface area (Å²) in [5.74, 6) is 0.859. The van der Waals surface area contributed by atoms with E-state index in [4.69, 9.17) is 11.6 Å². The molecule has 1 heterocycles. The van der Waals surface area contributed by atoms with E-state index in [1.54, 1.807) is 18.2 Å². The Morgan fingerprint density at radius 2 is 2.16 bits per heavy atom. The molecule has 1 N–H and O–H groups in total. The van der Waals surface area contributed by atoms with Gasteiger partial charge in [0.25, 0.3) is 0 Å². The van der Waals surface area contributed by atoms with Gasteiger partial charge in [-0.05, 0) is 43.4 Å². The van der Waals surface area contributed by atoms with Crippen LogP contribution in [-0.4, -0.2) is 34.4 Å². The molecular weight excluding hydrogens is 262 g/mol. The predicted molar refractivity (Wildman–Crippen MR) is 76.4 cm³/mol. The van der Waals surface area contributed by atoms with Crippen molar-refractivity contribution >= 4 is 17.5 Å². The quantitative estimate of drug-likeness (QED) is 0.866. The Balaban J connectivity index is 1.88. The Bertz CT molecular complexity index is 440. The van der Waals surface area contributed by atoms with Gasteiger partial charge in [-0.25, -0.2) is 0 Å². The average Bonchev–Trinajstić information content (AvgIpc) is 2.39. The number of hydrogen-bond donors (Lipinski definition) is 1. The van der Waals surface area contributed by atoms with Crippen LogP contribution in [0, 0.1) is 5.92 Å². The molecule has 0 aromatic heterocycles. The maximum atomic E-state index is 12.2. The SMILES string of the molecule is CC(Cl)C1CCN(C(=O)Cc2cccc(O)c2)CC1. The third-order valence-electron chi connectivity index (χ3n) is 3.81. The monoisotopic (exact) mass is 281 g/mol. The van der Waals surface area contributed by atoms with Gasteiger partial charge in [-0.1, -0.05) is 12.1 Å². The van der Waals surface area contributed by atoms with Crippen LogP contribution in [0.3, 0.4) is 0 Å². The number of aromatic hydroxyl groups is 1. The lowest BCUT2D eigenvalue weighted by Gasteiger charge is -2.33. The molecule has 0 bridgehead atoms. The number of likely N-dealkylation sites (tertiary alicyclic amines) is 1. The van der Waals surface area contributed by atoms with Crippen molar-refractivity contribution in [2.45, 2.75) is 31.6 Å². The zero-order valence-electron chi connectivity index (χ0n) is 11.2. The Morgan fingerprint density at radius 1 is 1.47 bits per heavy atom. The highest BCUT2D eigenvalue weighted by Gasteiger charge is 2.25. The first-order chi connectivity index (χ1) is 9.06. The molecule has 0 saturated carbocycles. The molecular formula is C15H20ClNO2. The molecule has 3 nitrogen and oxygen atoms in total. The number of phenolic OH excluding ortho intramolecular Hbond substituents is 1. The second-order valence-corrected chi connectivity index (χ2v) is 5.93. The molecule has 0 radical (unpaired) electrons. The van der Waals surface area contributed by atoms with E-state index < -0.39 is 0 Å². The molecule has 1 fully saturated rings. The number of halogens is 1. The van der Waals surface area contributed by atoms with E-state index in [2.05, 4.69) is 0 Å². The molecule has 0 spiro atoms. The minimum absolute atomic E-state index is 0.131. The lowest BCUT2D eigenvalue weighted by atomic mass is 9.93. The zero-order chi connectivity index (χ0) is 13.8. The molecule has 1 saturated heterocycles. The summed E-state index contributed by atoms with van der Waals surface area (Å²) in [6.07, 6.45) is 2.32. The van der Waals surface area contributed by atoms with Gasteiger partial charge < -0.3 is 10.0 Å². The highest BCUT2D eigenvalue weighted by Crippen LogP contribution is 2.24. The van der Waals surface area contributed by atoms with Crippen LogP contribution in [0.1, 0.15) is 25.3 Å². The normalized spacial score (nSPS) is 18.3. The van der Waals surface area contributed by atoms with E-state index in [0.717, 1.165) is 31.5 Å². The fourth-order valence-electron chi connectivity index (χ4n) is 2.56. The number of alkyl halides is 1. The molecule has 2 rings (SSSR count). The molecule has 1 unspecified atom stereocenters. The highest BCUT2D eigenvalue weighted by molar-refractivity contribution is 6.20. The molecule has 1 aromatic rings. The van der Waals surface area contributed by atoms with Crippen LogP contribution < -0.4 is 0 Å². The number of hydrogen-bond acceptors (Lipinski definition) is 2. The number of phenols is 1. The summed E-state index contributed by atoms with van der Waals surface area (Å²) in [6.45, 7) is 3.61. The molecule has 1 atom stereocenters. The molecule has 1 aliphatic heterocycles. The van der Waals surface area contributed by atoms with Crippen molar-refractivity contribution in [3.63, 3.8) is 0 Å². The molecule has 1 aliphatic rings. The van der Waals surface area contributed by atoms with Gasteiger partial charge in [-0.15, -0.1) is 11.6 Å². The fourth-order valence-corrected chi connectivity index (χ4v) is 2.81. The average molecular weight is 282 g/mol. The first-order valence-electron chi connectivity index (χ1n) is 6.76. The number of rotatable bonds is 3. The maximum Gasteiger partial charge on any atom is 0.226 e. The van der Waals surface area contributed by atoms with Crippen molar-refractivity contribution in [2.24, 2.45) is 5.92 Å². The van der Waals surface area contributed by atoms with E-state index >= 15 is 0 Å². The topological polar surface area (TPSA) is 40.5 Å². The highest BCUT2D eigenvalue weighted by atomic mass is 35.5. The predicted octanol–water partition coefficient (Wildman–Crippen LogP) is 2.80. The van der Waals surface area contributed by atoms with Crippen molar-refractivity contribution < 1.29 is 9.90 Å². The summed E-state index contributed by atoms with van der Waals surface area (Å²) in [4.78, 5) is 14.1. The number of piperidine rings is 1. The minimum atomic E-state index is 0.131. The van der Waals surface area contributed by atoms with E-state index in [9.17, 15) is 9.90 Å². The Hall–Kier alpha value is -1.22. The summed E-state index contributed by atoms with van der Waals surface area (Å²) in [7, 11) is 0. The van der Waals surface area contributed by atoms with Gasteiger partial charge in [-0.2, -0.15) is 0 Å². The second kappa shape index (κ2) is 6.29. The lowest BCUT2D eigenvalue weighted by molar-refractivity contribution is -0.131. The van der Waals surface area contributed by atoms with Crippen molar-refractivity contribution in [2.75, 3.05) is 13.1 Å². The minimum Gasteiger partial charge on any atom is -0.508 e. The lowest BCUT2D eigenvalue weighted by Crippen LogP contribution is -2.40. The van der Waals surface area contributed by atoms with Gasteiger partial charge in [0.05, 0.1) is 6.42 Å². The van der Waals surface area contributed by atoms with Crippen molar-refractivity contribution in [1.82, 2.24) is 4.90 Å². The standard InChI is InChI=1S/C15H20ClNO2/c1-11(16)13-5-7-17(8-6-13)15(19)10-12-3-2-4-14(18)9-12/h2-4,9,11,13,18H,5-8,10H2,1H3. The van der Waals surface area contributed by atoms with Crippen molar-refractivity contribution in [3.05, 3.63) is 29.8 Å². The number of nitrogens with zero attached hydrogens (tertiary/aromatic N) is 1. The largest absolute Gasteiger partial charge is 0.508 e. The van der Waals surface area contributed by atoms with Gasteiger partial charge in [0.1, 0.15) is 5.75 Å². The number of amides is 1. The smallest absolute Gasteiger partial charge is 0.226 e. The van der Waals surface area contributed by atoms with Gasteiger partial charge >= 0.3 is 0 Å². The van der Waals surface area contributed by atoms with E-state index in [0.29, 0.717) is 12.3 Å². The van der Waals surface area contributed by atoms with Crippen LogP contribution in [0.4, 0.5) is 0 Å². The zero-order valence-corrected chi connectivity index (χ0v) is 11.9. The molecule has 0 aliphatic carbocycles. The summed E-state index contributed by atoms with van der Waals surface area (Å²) in [6, 6.07) is 6.89. The van der Waals surface area contributed by atoms with Gasteiger partial charge in [0.15, 0.2) is 0 Å². The molecule has 4 heteroatoms. The molecule has 104 valence electrons. The summed E-state index contributed by atoms with van der Waals surface area (Å²) < 4.78 is 0. The number of carbonyl (C=O) groups excluding carboxylic acids is 1. The van der Waals surface area contributed by atoms with E-state index in [1.165, 1.54) is 0 Å². The van der Waals surface area contributed by atoms with Crippen molar-refractivity contribution in [3.8, 4) is 5.75 Å². The maximum absolute atomic E-state index is 12.2. The molecule has 1 amide bonds. The Morgan fingerprint density at radius 3 is 2.74 bits per heavy atom. The Labute approximate surface area is 119 Å². The van der Waals surface area contributed by atoms with Crippen LogP contribution in [0.2, 0.25) is 0 Å². The van der Waals surface area contributed by atoms with E-state index in [1.807, 2.05) is 17.9 Å². The van der Waals surface area contributed by atoms with E-state index in [-0.39, 0.29) is 17.0 Å². The molecule has 19 heavy (non-hydrogen) atoms. The third kappa shape index (κ3) is 3.87. The summed E-state index contributed by atoms with van der Waals surface area (Å²) in [5.41, 5.74) is 0.859. The van der Waals surface area contributed by atoms with Gasteiger partial charge in [-0.3, -0.25) is 4.79 Å². The van der Waals surface area contributed by atoms with Crippen molar-refractivity contribution in [1.29, 1.82) is 0 Å². The van der Waals surface area contributed by atoms with Crippen LogP contribution in [0.15, 0.2) is 24.3 Å². The third-order valence-corrected chi connectivity index (χ3v) is 4.16. The van der Waals surface area contributed by atoms with Crippen LogP contribution in [-0.2, 0) is 11.2 Å². The molecule has 1 aromatic carbocycles. The van der Waals surface area contributed by atoms with Gasteiger partial charge in [0, 0.05) is 18.5 Å². The first-order valence-corrected chi connectivity index (χ1v) is 7.19. The summed E-state index contributed by atoms with van der Waals surface area (Å²) in [5, 5.41) is 9.58.